The van der Waals surface area contributed by atoms with E-state index in [1.807, 2.05) is 6.92 Å². The van der Waals surface area contributed by atoms with E-state index in [0.717, 1.165) is 11.3 Å². The van der Waals surface area contributed by atoms with Gasteiger partial charge in [0.15, 0.2) is 5.13 Å². The third-order valence-corrected chi connectivity index (χ3v) is 6.02. The summed E-state index contributed by atoms with van der Waals surface area (Å²) in [6, 6.07) is 6.00. The molecular weight excluding hydrogens is 419 g/mol. The largest absolute Gasteiger partial charge is 0.346 e. The lowest BCUT2D eigenvalue weighted by Gasteiger charge is -2.17. The van der Waals surface area contributed by atoms with Crippen molar-refractivity contribution in [1.29, 1.82) is 0 Å². The molecule has 160 valence electrons. The number of nitrogens with one attached hydrogen (secondary N) is 1. The smallest absolute Gasteiger partial charge is 0.326 e. The summed E-state index contributed by atoms with van der Waals surface area (Å²) in [5.41, 5.74) is 2.75. The monoisotopic (exact) mass is 440 g/mol. The van der Waals surface area contributed by atoms with Crippen molar-refractivity contribution in [2.24, 2.45) is 0 Å². The van der Waals surface area contributed by atoms with Crippen LogP contribution in [0.5, 0.6) is 0 Å². The molecule has 0 spiro atoms. The van der Waals surface area contributed by atoms with Gasteiger partial charge in [0.05, 0.1) is 29.8 Å². The predicted molar refractivity (Wildman–Crippen MR) is 114 cm³/mol. The van der Waals surface area contributed by atoms with Gasteiger partial charge < -0.3 is 10.2 Å². The molecule has 1 aromatic carbocycles. The Hall–Kier alpha value is -3.40. The summed E-state index contributed by atoms with van der Waals surface area (Å²) < 4.78 is 13.4. The molecule has 0 bridgehead atoms. The van der Waals surface area contributed by atoms with Crippen LogP contribution < -0.4 is 10.2 Å². The number of hydrogen-bond acceptors (Lipinski definition) is 6. The fraction of sp³-hybridized carbons (Fsp3) is 0.286. The van der Waals surface area contributed by atoms with E-state index >= 15 is 0 Å². The molecule has 2 aromatic heterocycles. The summed E-state index contributed by atoms with van der Waals surface area (Å²) in [5.74, 6) is -0.601. The minimum Gasteiger partial charge on any atom is -0.346 e. The molecule has 0 aliphatic carbocycles. The fourth-order valence-corrected chi connectivity index (χ4v) is 4.24. The zero-order valence-electron chi connectivity index (χ0n) is 17.1. The Bertz CT molecular complexity index is 1120. The van der Waals surface area contributed by atoms with Gasteiger partial charge in [0.25, 0.3) is 5.91 Å². The Morgan fingerprint density at radius 3 is 2.81 bits per heavy atom. The first kappa shape index (κ1) is 20.9. The van der Waals surface area contributed by atoms with E-state index in [9.17, 15) is 14.0 Å². The molecule has 4 rings (SSSR count). The van der Waals surface area contributed by atoms with Gasteiger partial charge in [0.1, 0.15) is 10.7 Å². The van der Waals surface area contributed by atoms with Crippen LogP contribution in [-0.2, 0) is 13.1 Å². The Morgan fingerprint density at radius 2 is 2.06 bits per heavy atom. The second-order valence-corrected chi connectivity index (χ2v) is 8.21. The summed E-state index contributed by atoms with van der Waals surface area (Å²) in [7, 11) is 0. The van der Waals surface area contributed by atoms with Gasteiger partial charge in [-0.1, -0.05) is 23.5 Å². The maximum atomic E-state index is 13.4. The first-order valence-corrected chi connectivity index (χ1v) is 10.6. The number of hydrogen-bond donors (Lipinski definition) is 1. The lowest BCUT2D eigenvalue weighted by atomic mass is 10.2. The van der Waals surface area contributed by atoms with Crippen molar-refractivity contribution in [2.75, 3.05) is 18.0 Å². The first-order chi connectivity index (χ1) is 14.9. The molecule has 0 saturated carbocycles. The third kappa shape index (κ3) is 4.69. The molecule has 3 aromatic rings. The zero-order valence-corrected chi connectivity index (χ0v) is 17.9. The molecular formula is C21H21FN6O2S. The highest BCUT2D eigenvalue weighted by molar-refractivity contribution is 7.17. The number of anilines is 1. The van der Waals surface area contributed by atoms with Crippen LogP contribution in [0, 0.1) is 19.7 Å². The van der Waals surface area contributed by atoms with E-state index in [4.69, 9.17) is 0 Å². The molecule has 0 radical (unpaired) electrons. The average Bonchev–Trinajstić information content (AvgIpc) is 3.30. The van der Waals surface area contributed by atoms with Gasteiger partial charge in [-0.25, -0.2) is 14.2 Å². The van der Waals surface area contributed by atoms with Crippen LogP contribution in [-0.4, -0.2) is 44.9 Å². The Morgan fingerprint density at radius 1 is 1.23 bits per heavy atom. The van der Waals surface area contributed by atoms with Crippen LogP contribution in [0.2, 0.25) is 0 Å². The van der Waals surface area contributed by atoms with Crippen molar-refractivity contribution >= 4 is 28.4 Å². The van der Waals surface area contributed by atoms with Crippen molar-refractivity contribution in [1.82, 2.24) is 25.2 Å². The summed E-state index contributed by atoms with van der Waals surface area (Å²) in [6.45, 7) is 5.12. The molecule has 1 aliphatic heterocycles. The zero-order chi connectivity index (χ0) is 22.0. The number of benzene rings is 1. The number of halogens is 1. The van der Waals surface area contributed by atoms with E-state index in [2.05, 4.69) is 20.3 Å². The SMILES string of the molecule is Cc1cnc(CNC(=O)c2sc(N3CCN(Cc4cccc(F)c4)C3=O)nc2C)cn1. The minimum atomic E-state index is -0.330. The molecule has 1 saturated heterocycles. The van der Waals surface area contributed by atoms with Crippen molar-refractivity contribution < 1.29 is 14.0 Å². The Kier molecular flexibility index (Phi) is 5.90. The van der Waals surface area contributed by atoms with Crippen molar-refractivity contribution in [2.45, 2.75) is 26.9 Å². The van der Waals surface area contributed by atoms with E-state index in [1.165, 1.54) is 23.5 Å². The molecule has 0 atom stereocenters. The molecule has 8 nitrogen and oxygen atoms in total. The second kappa shape index (κ2) is 8.76. The molecule has 3 amide bonds. The number of carbonyl (C=O) groups is 2. The van der Waals surface area contributed by atoms with Gasteiger partial charge in [-0.15, -0.1) is 0 Å². The van der Waals surface area contributed by atoms with E-state index in [-0.39, 0.29) is 24.3 Å². The van der Waals surface area contributed by atoms with E-state index in [1.54, 1.807) is 41.2 Å². The normalized spacial score (nSPS) is 13.7. The van der Waals surface area contributed by atoms with Gasteiger partial charge in [-0.3, -0.25) is 19.7 Å². The van der Waals surface area contributed by atoms with Crippen LogP contribution in [0.25, 0.3) is 0 Å². The minimum absolute atomic E-state index is 0.208. The predicted octanol–water partition coefficient (Wildman–Crippen LogP) is 3.06. The van der Waals surface area contributed by atoms with Gasteiger partial charge >= 0.3 is 6.03 Å². The van der Waals surface area contributed by atoms with Crippen LogP contribution >= 0.6 is 11.3 Å². The lowest BCUT2D eigenvalue weighted by molar-refractivity contribution is 0.0953. The molecule has 31 heavy (non-hydrogen) atoms. The van der Waals surface area contributed by atoms with Gasteiger partial charge in [0.2, 0.25) is 0 Å². The van der Waals surface area contributed by atoms with Gasteiger partial charge in [0, 0.05) is 25.8 Å². The Labute approximate surface area is 182 Å². The highest BCUT2D eigenvalue weighted by atomic mass is 32.1. The number of aromatic nitrogens is 3. The maximum absolute atomic E-state index is 13.4. The molecule has 10 heteroatoms. The summed E-state index contributed by atoms with van der Waals surface area (Å²) in [6.07, 6.45) is 3.27. The number of nitrogens with zero attached hydrogens (tertiary/aromatic N) is 5. The van der Waals surface area contributed by atoms with E-state index < -0.39 is 0 Å². The molecule has 3 heterocycles. The summed E-state index contributed by atoms with van der Waals surface area (Å²) >= 11 is 1.18. The number of rotatable bonds is 6. The van der Waals surface area contributed by atoms with E-state index in [0.29, 0.717) is 41.0 Å². The fourth-order valence-electron chi connectivity index (χ4n) is 3.23. The van der Waals surface area contributed by atoms with Crippen LogP contribution in [0.4, 0.5) is 14.3 Å². The molecule has 1 fully saturated rings. The average molecular weight is 441 g/mol. The quantitative estimate of drug-likeness (QED) is 0.636. The molecule has 1 aliphatic rings. The van der Waals surface area contributed by atoms with Gasteiger partial charge in [-0.05, 0) is 31.5 Å². The van der Waals surface area contributed by atoms with Crippen LogP contribution in [0.15, 0.2) is 36.7 Å². The first-order valence-electron chi connectivity index (χ1n) is 9.75. The summed E-state index contributed by atoms with van der Waals surface area (Å²) in [4.78, 5) is 41.9. The van der Waals surface area contributed by atoms with Crippen LogP contribution in [0.3, 0.4) is 0 Å². The molecule has 0 unspecified atom stereocenters. The van der Waals surface area contributed by atoms with Crippen molar-refractivity contribution in [3.8, 4) is 0 Å². The van der Waals surface area contributed by atoms with Crippen molar-refractivity contribution in [3.05, 3.63) is 70.0 Å². The summed E-state index contributed by atoms with van der Waals surface area (Å²) in [5, 5.41) is 3.29. The highest BCUT2D eigenvalue weighted by Gasteiger charge is 2.32. The topological polar surface area (TPSA) is 91.3 Å². The van der Waals surface area contributed by atoms with Crippen molar-refractivity contribution in [3.63, 3.8) is 0 Å². The van der Waals surface area contributed by atoms with Crippen LogP contribution in [0.1, 0.15) is 32.3 Å². The Balaban J connectivity index is 1.41. The standard InChI is InChI=1S/C21H21FN6O2S/c1-13-9-24-17(10-23-13)11-25-19(29)18-14(2)26-20(31-18)28-7-6-27(21(28)30)12-15-4-3-5-16(22)8-15/h3-5,8-10H,6-7,11-12H2,1-2H3,(H,25,29). The molecule has 1 N–H and O–H groups in total. The lowest BCUT2D eigenvalue weighted by Crippen LogP contribution is -2.31. The third-order valence-electron chi connectivity index (χ3n) is 4.84. The second-order valence-electron chi connectivity index (χ2n) is 7.23. The van der Waals surface area contributed by atoms with Gasteiger partial charge in [-0.2, -0.15) is 0 Å². The number of amides is 3. The highest BCUT2D eigenvalue weighted by Crippen LogP contribution is 2.29. The number of thiazole rings is 1. The number of urea groups is 1. The maximum Gasteiger partial charge on any atom is 0.326 e. The number of aryl methyl sites for hydroxylation is 2. The number of carbonyl (C=O) groups excluding carboxylic acids is 2.